The van der Waals surface area contributed by atoms with Gasteiger partial charge in [0, 0.05) is 5.56 Å². The lowest BCUT2D eigenvalue weighted by Gasteiger charge is -2.08. The molecule has 0 unspecified atom stereocenters. The first-order chi connectivity index (χ1) is 5.97. The van der Waals surface area contributed by atoms with Crippen molar-refractivity contribution in [2.75, 3.05) is 0 Å². The maximum Gasteiger partial charge on any atom is 0.152 e. The van der Waals surface area contributed by atoms with Crippen molar-refractivity contribution in [2.45, 2.75) is 0 Å². The number of nitrogens with zero attached hydrogens (tertiary/aromatic N) is 1. The van der Waals surface area contributed by atoms with Gasteiger partial charge >= 0.3 is 0 Å². The van der Waals surface area contributed by atoms with Crippen molar-refractivity contribution in [1.29, 1.82) is 0 Å². The topological polar surface area (TPSA) is 23.3 Å². The molecule has 0 atom stereocenters. The number of rotatable bonds is 1. The van der Waals surface area contributed by atoms with Gasteiger partial charge in [-0.1, -0.05) is 30.3 Å². The monoisotopic (exact) mass is 158 g/mol. The lowest BCUT2D eigenvalue weighted by molar-refractivity contribution is 0.423. The second kappa shape index (κ2) is 3.13. The number of hydrogen-bond acceptors (Lipinski definition) is 1. The highest BCUT2D eigenvalue weighted by Gasteiger charge is 2.02. The molecule has 0 aromatic heterocycles. The van der Waals surface area contributed by atoms with Gasteiger partial charge in [-0.25, -0.2) is 0 Å². The van der Waals surface area contributed by atoms with Gasteiger partial charge in [-0.05, 0) is 0 Å². The van der Waals surface area contributed by atoms with E-state index in [0.717, 1.165) is 11.3 Å². The second-order valence-corrected chi connectivity index (χ2v) is 2.41. The van der Waals surface area contributed by atoms with Crippen LogP contribution in [0.2, 0.25) is 0 Å². The summed E-state index contributed by atoms with van der Waals surface area (Å²) in [5.41, 5.74) is 1.05. The molecule has 2 nitrogen and oxygen atoms in total. The van der Waals surface area contributed by atoms with E-state index in [0.29, 0.717) is 0 Å². The van der Waals surface area contributed by atoms with Gasteiger partial charge in [-0.2, -0.15) is 0 Å². The molecule has 1 radical (unpaired) electrons. The molecule has 0 aliphatic carbocycles. The van der Waals surface area contributed by atoms with E-state index in [1.807, 2.05) is 30.3 Å². The largest absolute Gasteiger partial charge is 0.461 e. The molecule has 1 aromatic carbocycles. The first-order valence-electron chi connectivity index (χ1n) is 3.74. The highest BCUT2D eigenvalue weighted by Crippen LogP contribution is 2.16. The molecule has 59 valence electrons. The quantitative estimate of drug-likeness (QED) is 0.613. The molecular weight excluding hydrogens is 150 g/mol. The average Bonchev–Trinajstić information content (AvgIpc) is 2.21. The van der Waals surface area contributed by atoms with Crippen LogP contribution in [0.3, 0.4) is 0 Å². The first-order valence-corrected chi connectivity index (χ1v) is 3.74. The zero-order valence-electron chi connectivity index (χ0n) is 6.47. The Hall–Kier alpha value is -1.70. The summed E-state index contributed by atoms with van der Waals surface area (Å²) < 4.78 is 5.25. The van der Waals surface area contributed by atoms with Crippen LogP contribution < -0.4 is 5.32 Å². The molecule has 0 saturated carbocycles. The number of benzene rings is 1. The second-order valence-electron chi connectivity index (χ2n) is 2.41. The van der Waals surface area contributed by atoms with Crippen LogP contribution in [0, 0.1) is 0 Å². The van der Waals surface area contributed by atoms with Crippen LogP contribution in [0.15, 0.2) is 49.0 Å². The van der Waals surface area contributed by atoms with Crippen molar-refractivity contribution in [3.05, 3.63) is 54.6 Å². The normalized spacial score (nSPS) is 14.5. The number of ether oxygens (including phenoxy) is 1. The zero-order valence-corrected chi connectivity index (χ0v) is 6.47. The Morgan fingerprint density at radius 2 is 1.92 bits per heavy atom. The smallest absolute Gasteiger partial charge is 0.152 e. The van der Waals surface area contributed by atoms with Gasteiger partial charge in [-0.3, -0.25) is 5.32 Å². The van der Waals surface area contributed by atoms with Crippen LogP contribution in [-0.4, -0.2) is 0 Å². The third kappa shape index (κ3) is 1.32. The minimum absolute atomic E-state index is 0.790. The van der Waals surface area contributed by atoms with Crippen LogP contribution in [0.25, 0.3) is 5.76 Å². The summed E-state index contributed by atoms with van der Waals surface area (Å²) in [5.74, 6) is 0.790. The molecule has 1 aliphatic rings. The summed E-state index contributed by atoms with van der Waals surface area (Å²) in [5, 5.41) is 3.97. The first kappa shape index (κ1) is 6.98. The molecule has 0 spiro atoms. The van der Waals surface area contributed by atoms with Crippen molar-refractivity contribution >= 4 is 5.76 Å². The fourth-order valence-electron chi connectivity index (χ4n) is 1.03. The van der Waals surface area contributed by atoms with E-state index in [9.17, 15) is 0 Å². The van der Waals surface area contributed by atoms with Gasteiger partial charge < -0.3 is 4.74 Å². The van der Waals surface area contributed by atoms with Crippen LogP contribution in [-0.2, 0) is 4.74 Å². The van der Waals surface area contributed by atoms with Crippen molar-refractivity contribution in [2.24, 2.45) is 0 Å². The Balaban J connectivity index is 2.26. The minimum Gasteiger partial charge on any atom is -0.461 e. The molecule has 1 aromatic rings. The lowest BCUT2D eigenvalue weighted by Crippen LogP contribution is -1.96. The average molecular weight is 158 g/mol. The Morgan fingerprint density at radius 3 is 2.58 bits per heavy atom. The van der Waals surface area contributed by atoms with Gasteiger partial charge in [0.25, 0.3) is 0 Å². The molecule has 0 saturated heterocycles. The van der Waals surface area contributed by atoms with Crippen molar-refractivity contribution in [1.82, 2.24) is 5.32 Å². The fourth-order valence-corrected chi connectivity index (χ4v) is 1.03. The Labute approximate surface area is 71.2 Å². The molecule has 1 heterocycles. The van der Waals surface area contributed by atoms with Gasteiger partial charge in [0.1, 0.15) is 6.26 Å². The van der Waals surface area contributed by atoms with E-state index in [1.165, 1.54) is 0 Å². The summed E-state index contributed by atoms with van der Waals surface area (Å²) in [6.07, 6.45) is 4.89. The zero-order chi connectivity index (χ0) is 8.23. The summed E-state index contributed by atoms with van der Waals surface area (Å²) in [6.45, 7) is 0. The maximum atomic E-state index is 5.25. The number of hydrogen-bond donors (Lipinski definition) is 0. The maximum absolute atomic E-state index is 5.25. The molecule has 2 heteroatoms. The molecule has 0 bridgehead atoms. The van der Waals surface area contributed by atoms with E-state index in [1.54, 1.807) is 18.7 Å². The Kier molecular flexibility index (Phi) is 1.82. The predicted molar refractivity (Wildman–Crippen MR) is 46.8 cm³/mol. The highest BCUT2D eigenvalue weighted by molar-refractivity contribution is 5.60. The Morgan fingerprint density at radius 1 is 1.08 bits per heavy atom. The van der Waals surface area contributed by atoms with Crippen molar-refractivity contribution < 1.29 is 4.74 Å². The Bertz CT molecular complexity index is 314. The van der Waals surface area contributed by atoms with Gasteiger partial charge in [0.15, 0.2) is 5.76 Å². The lowest BCUT2D eigenvalue weighted by atomic mass is 10.2. The van der Waals surface area contributed by atoms with Gasteiger partial charge in [-0.15, -0.1) is 0 Å². The van der Waals surface area contributed by atoms with Crippen LogP contribution in [0.1, 0.15) is 5.56 Å². The van der Waals surface area contributed by atoms with E-state index >= 15 is 0 Å². The molecule has 0 N–H and O–H groups in total. The minimum atomic E-state index is 0.790. The molecular formula is C10H8NO. The third-order valence-corrected chi connectivity index (χ3v) is 1.59. The van der Waals surface area contributed by atoms with Crippen molar-refractivity contribution in [3.63, 3.8) is 0 Å². The third-order valence-electron chi connectivity index (χ3n) is 1.59. The SMILES string of the molecule is C1=COC(c2ccccc2)=C[N]1. The molecule has 1 aliphatic heterocycles. The molecule has 2 rings (SSSR count). The molecule has 0 amide bonds. The van der Waals surface area contributed by atoms with Crippen LogP contribution in [0.5, 0.6) is 0 Å². The van der Waals surface area contributed by atoms with Crippen LogP contribution in [0.4, 0.5) is 0 Å². The van der Waals surface area contributed by atoms with Gasteiger partial charge in [0.05, 0.1) is 12.4 Å². The predicted octanol–water partition coefficient (Wildman–Crippen LogP) is 2.09. The van der Waals surface area contributed by atoms with E-state index in [2.05, 4.69) is 5.32 Å². The summed E-state index contributed by atoms with van der Waals surface area (Å²) in [7, 11) is 0. The van der Waals surface area contributed by atoms with Gasteiger partial charge in [0.2, 0.25) is 0 Å². The fraction of sp³-hybridized carbons (Fsp3) is 0. The summed E-state index contributed by atoms with van der Waals surface area (Å²) in [4.78, 5) is 0. The summed E-state index contributed by atoms with van der Waals surface area (Å²) in [6, 6.07) is 9.89. The van der Waals surface area contributed by atoms with E-state index in [-0.39, 0.29) is 0 Å². The highest BCUT2D eigenvalue weighted by atomic mass is 16.5. The molecule has 0 fully saturated rings. The standard InChI is InChI=1S/C10H8NO/c1-2-4-9(5-3-1)10-8-11-6-7-12-10/h1-8H. The van der Waals surface area contributed by atoms with E-state index < -0.39 is 0 Å². The molecule has 12 heavy (non-hydrogen) atoms. The van der Waals surface area contributed by atoms with Crippen molar-refractivity contribution in [3.8, 4) is 0 Å². The van der Waals surface area contributed by atoms with Crippen LogP contribution >= 0.6 is 0 Å². The van der Waals surface area contributed by atoms with E-state index in [4.69, 9.17) is 4.74 Å². The summed E-state index contributed by atoms with van der Waals surface area (Å²) >= 11 is 0.